The van der Waals surface area contributed by atoms with Crippen molar-refractivity contribution < 1.29 is 9.84 Å². The van der Waals surface area contributed by atoms with E-state index in [1.165, 1.54) is 6.20 Å². The standard InChI is InChI=1S/C14H13BrClNO2/c1-19-14-3-2-9(6-11(14)15)7-13(18)10-4-5-17-8-12(10)16/h2-6,8,13,18H,7H2,1H3. The van der Waals surface area contributed by atoms with Crippen LogP contribution in [-0.2, 0) is 6.42 Å². The van der Waals surface area contributed by atoms with Gasteiger partial charge >= 0.3 is 0 Å². The van der Waals surface area contributed by atoms with Gasteiger partial charge in [0.15, 0.2) is 0 Å². The van der Waals surface area contributed by atoms with Gasteiger partial charge in [0.25, 0.3) is 0 Å². The first-order valence-electron chi connectivity index (χ1n) is 5.71. The molecule has 0 amide bonds. The lowest BCUT2D eigenvalue weighted by atomic mass is 10.0. The van der Waals surface area contributed by atoms with Crippen LogP contribution < -0.4 is 4.74 Å². The number of nitrogens with zero attached hydrogens (tertiary/aromatic N) is 1. The molecule has 0 bridgehead atoms. The van der Waals surface area contributed by atoms with Crippen molar-refractivity contribution in [3.8, 4) is 5.75 Å². The monoisotopic (exact) mass is 341 g/mol. The van der Waals surface area contributed by atoms with E-state index < -0.39 is 6.10 Å². The number of methoxy groups -OCH3 is 1. The maximum atomic E-state index is 10.2. The average molecular weight is 343 g/mol. The highest BCUT2D eigenvalue weighted by molar-refractivity contribution is 9.10. The van der Waals surface area contributed by atoms with Crippen molar-refractivity contribution in [2.45, 2.75) is 12.5 Å². The lowest BCUT2D eigenvalue weighted by molar-refractivity contribution is 0.178. The molecular weight excluding hydrogens is 330 g/mol. The van der Waals surface area contributed by atoms with E-state index in [2.05, 4.69) is 20.9 Å². The molecule has 0 fully saturated rings. The predicted octanol–water partition coefficient (Wildman–Crippen LogP) is 3.78. The van der Waals surface area contributed by atoms with Crippen molar-refractivity contribution in [1.29, 1.82) is 0 Å². The van der Waals surface area contributed by atoms with Crippen molar-refractivity contribution >= 4 is 27.5 Å². The van der Waals surface area contributed by atoms with Crippen LogP contribution in [0, 0.1) is 0 Å². The Morgan fingerprint density at radius 2 is 2.21 bits per heavy atom. The second-order valence-electron chi connectivity index (χ2n) is 4.09. The van der Waals surface area contributed by atoms with E-state index in [1.54, 1.807) is 19.4 Å². The Morgan fingerprint density at radius 3 is 2.84 bits per heavy atom. The van der Waals surface area contributed by atoms with Crippen molar-refractivity contribution in [2.75, 3.05) is 7.11 Å². The van der Waals surface area contributed by atoms with E-state index in [0.29, 0.717) is 17.0 Å². The van der Waals surface area contributed by atoms with Crippen molar-refractivity contribution in [3.05, 3.63) is 57.3 Å². The maximum Gasteiger partial charge on any atom is 0.133 e. The third-order valence-corrected chi connectivity index (χ3v) is 3.74. The van der Waals surface area contributed by atoms with E-state index in [4.69, 9.17) is 16.3 Å². The summed E-state index contributed by atoms with van der Waals surface area (Å²) in [6.07, 6.45) is 2.97. The van der Waals surface area contributed by atoms with E-state index in [9.17, 15) is 5.11 Å². The largest absolute Gasteiger partial charge is 0.496 e. The molecule has 0 aliphatic rings. The third-order valence-electron chi connectivity index (χ3n) is 2.81. The Kier molecular flexibility index (Phi) is 4.80. The minimum atomic E-state index is -0.657. The molecule has 5 heteroatoms. The predicted molar refractivity (Wildman–Crippen MR) is 78.6 cm³/mol. The summed E-state index contributed by atoms with van der Waals surface area (Å²) in [5, 5.41) is 10.7. The minimum absolute atomic E-state index is 0.475. The lowest BCUT2D eigenvalue weighted by Crippen LogP contribution is -2.03. The van der Waals surface area contributed by atoms with Gasteiger partial charge in [-0.15, -0.1) is 0 Å². The van der Waals surface area contributed by atoms with E-state index in [1.807, 2.05) is 18.2 Å². The molecule has 1 aromatic heterocycles. The number of rotatable bonds is 4. The highest BCUT2D eigenvalue weighted by Crippen LogP contribution is 2.29. The van der Waals surface area contributed by atoms with Crippen molar-refractivity contribution in [3.63, 3.8) is 0 Å². The Hall–Kier alpha value is -1.10. The smallest absolute Gasteiger partial charge is 0.133 e. The van der Waals surface area contributed by atoms with Crippen molar-refractivity contribution in [2.24, 2.45) is 0 Å². The number of aliphatic hydroxyl groups is 1. The summed E-state index contributed by atoms with van der Waals surface area (Å²) in [4.78, 5) is 3.90. The summed E-state index contributed by atoms with van der Waals surface area (Å²) in [5.41, 5.74) is 1.68. The summed E-state index contributed by atoms with van der Waals surface area (Å²) in [5.74, 6) is 0.764. The average Bonchev–Trinajstić information content (AvgIpc) is 2.39. The van der Waals surface area contributed by atoms with E-state index in [0.717, 1.165) is 15.8 Å². The van der Waals surface area contributed by atoms with Crippen LogP contribution >= 0.6 is 27.5 Å². The zero-order valence-electron chi connectivity index (χ0n) is 10.3. The van der Waals surface area contributed by atoms with Crippen LogP contribution in [0.3, 0.4) is 0 Å². The fourth-order valence-corrected chi connectivity index (χ4v) is 2.66. The van der Waals surface area contributed by atoms with Crippen LogP contribution in [0.4, 0.5) is 0 Å². The van der Waals surface area contributed by atoms with Crippen LogP contribution in [0.2, 0.25) is 5.02 Å². The normalized spacial score (nSPS) is 12.2. The number of halogens is 2. The lowest BCUT2D eigenvalue weighted by Gasteiger charge is -2.13. The van der Waals surface area contributed by atoms with E-state index >= 15 is 0 Å². The van der Waals surface area contributed by atoms with Gasteiger partial charge in [0, 0.05) is 24.4 Å². The summed E-state index contributed by atoms with van der Waals surface area (Å²) in [6, 6.07) is 7.44. The molecule has 0 radical (unpaired) electrons. The number of ether oxygens (including phenoxy) is 1. The molecule has 0 spiro atoms. The Balaban J connectivity index is 2.17. The molecule has 1 unspecified atom stereocenters. The number of aromatic nitrogens is 1. The zero-order chi connectivity index (χ0) is 13.8. The molecular formula is C14H13BrClNO2. The first kappa shape index (κ1) is 14.3. The second kappa shape index (κ2) is 6.37. The summed E-state index contributed by atoms with van der Waals surface area (Å²) in [7, 11) is 1.62. The molecule has 0 aliphatic heterocycles. The van der Waals surface area contributed by atoms with Crippen molar-refractivity contribution in [1.82, 2.24) is 4.98 Å². The van der Waals surface area contributed by atoms with Gasteiger partial charge in [-0.3, -0.25) is 4.98 Å². The molecule has 0 aliphatic carbocycles. The Labute approximate surface area is 125 Å². The molecule has 1 aromatic carbocycles. The molecule has 1 atom stereocenters. The third kappa shape index (κ3) is 3.47. The number of benzene rings is 1. The zero-order valence-corrected chi connectivity index (χ0v) is 12.6. The molecule has 1 N–H and O–H groups in total. The number of hydrogen-bond donors (Lipinski definition) is 1. The highest BCUT2D eigenvalue weighted by atomic mass is 79.9. The van der Waals surface area contributed by atoms with Gasteiger partial charge in [0.2, 0.25) is 0 Å². The summed E-state index contributed by atoms with van der Waals surface area (Å²) >= 11 is 9.44. The fourth-order valence-electron chi connectivity index (χ4n) is 1.83. The van der Waals surface area contributed by atoms with Gasteiger partial charge in [-0.05, 0) is 39.7 Å². The number of hydrogen-bond acceptors (Lipinski definition) is 3. The topological polar surface area (TPSA) is 42.4 Å². The SMILES string of the molecule is COc1ccc(CC(O)c2ccncc2Cl)cc1Br. The van der Waals surface area contributed by atoms with Gasteiger partial charge in [-0.2, -0.15) is 0 Å². The molecule has 2 rings (SSSR count). The fraction of sp³-hybridized carbons (Fsp3) is 0.214. The summed E-state index contributed by atoms with van der Waals surface area (Å²) in [6.45, 7) is 0. The van der Waals surface area contributed by atoms with Gasteiger partial charge in [0.1, 0.15) is 5.75 Å². The van der Waals surface area contributed by atoms with Crippen LogP contribution in [0.25, 0.3) is 0 Å². The molecule has 3 nitrogen and oxygen atoms in total. The van der Waals surface area contributed by atoms with Crippen LogP contribution in [0.15, 0.2) is 41.1 Å². The number of pyridine rings is 1. The summed E-state index contributed by atoms with van der Waals surface area (Å²) < 4.78 is 6.03. The van der Waals surface area contributed by atoms with Gasteiger partial charge in [0.05, 0.1) is 22.7 Å². The molecule has 0 saturated carbocycles. The quantitative estimate of drug-likeness (QED) is 0.919. The molecule has 2 aromatic rings. The maximum absolute atomic E-state index is 10.2. The van der Waals surface area contributed by atoms with Gasteiger partial charge in [-0.1, -0.05) is 17.7 Å². The molecule has 0 saturated heterocycles. The second-order valence-corrected chi connectivity index (χ2v) is 5.35. The van der Waals surface area contributed by atoms with Crippen LogP contribution in [0.5, 0.6) is 5.75 Å². The van der Waals surface area contributed by atoms with Gasteiger partial charge < -0.3 is 9.84 Å². The first-order chi connectivity index (χ1) is 9.11. The first-order valence-corrected chi connectivity index (χ1v) is 6.89. The molecule has 100 valence electrons. The highest BCUT2D eigenvalue weighted by Gasteiger charge is 2.13. The van der Waals surface area contributed by atoms with E-state index in [-0.39, 0.29) is 0 Å². The number of aliphatic hydroxyl groups excluding tert-OH is 1. The Morgan fingerprint density at radius 1 is 1.42 bits per heavy atom. The van der Waals surface area contributed by atoms with Gasteiger partial charge in [-0.25, -0.2) is 0 Å². The van der Waals surface area contributed by atoms with Crippen LogP contribution in [-0.4, -0.2) is 17.2 Å². The molecule has 1 heterocycles. The molecule has 19 heavy (non-hydrogen) atoms. The Bertz CT molecular complexity index is 577. The van der Waals surface area contributed by atoms with Crippen LogP contribution in [0.1, 0.15) is 17.2 Å². The minimum Gasteiger partial charge on any atom is -0.496 e.